The highest BCUT2D eigenvalue weighted by Gasteiger charge is 2.39. The fourth-order valence-electron chi connectivity index (χ4n) is 4.58. The number of hydrogen-bond acceptors (Lipinski definition) is 2. The lowest BCUT2D eigenvalue weighted by Crippen LogP contribution is -2.15. The summed E-state index contributed by atoms with van der Waals surface area (Å²) >= 11 is 0. The number of carbonyl (C=O) groups is 1. The van der Waals surface area contributed by atoms with Crippen molar-refractivity contribution in [2.75, 3.05) is 6.61 Å². The minimum atomic E-state index is -0.149. The van der Waals surface area contributed by atoms with Crippen LogP contribution in [-0.2, 0) is 4.74 Å². The molecule has 2 heteroatoms. The number of ether oxygens (including phenoxy) is 1. The molecular formula is C23H26O2. The minimum Gasteiger partial charge on any atom is -0.462 e. The van der Waals surface area contributed by atoms with E-state index >= 15 is 0 Å². The predicted octanol–water partition coefficient (Wildman–Crippen LogP) is 5.87. The topological polar surface area (TPSA) is 26.3 Å². The van der Waals surface area contributed by atoms with Gasteiger partial charge in [0.2, 0.25) is 0 Å². The standard InChI is InChI=1S/C23H26O2/c1-2-3-6-13-25-23(24)20-12-11-17-7-4-5-8-19(17)22(20)21-15-16-9-10-18(21)14-16/h4-5,7-12,16,18,21H,2-3,6,13-15H2,1H3. The number of allylic oxidation sites excluding steroid dienone is 2. The molecule has 2 aromatic rings. The van der Waals surface area contributed by atoms with Gasteiger partial charge in [-0.3, -0.25) is 0 Å². The van der Waals surface area contributed by atoms with Crippen molar-refractivity contribution in [3.8, 4) is 0 Å². The minimum absolute atomic E-state index is 0.149. The molecule has 25 heavy (non-hydrogen) atoms. The maximum atomic E-state index is 12.8. The largest absolute Gasteiger partial charge is 0.462 e. The SMILES string of the molecule is CCCCCOC(=O)c1ccc2ccccc2c1C1CC2C=CC1C2. The molecule has 2 aromatic carbocycles. The Morgan fingerprint density at radius 3 is 2.72 bits per heavy atom. The number of hydrogen-bond donors (Lipinski definition) is 0. The van der Waals surface area contributed by atoms with E-state index in [9.17, 15) is 4.79 Å². The molecule has 0 aromatic heterocycles. The first kappa shape index (κ1) is 16.4. The molecule has 1 fully saturated rings. The van der Waals surface area contributed by atoms with Gasteiger partial charge in [0.05, 0.1) is 12.2 Å². The first-order chi connectivity index (χ1) is 12.3. The maximum absolute atomic E-state index is 12.8. The van der Waals surface area contributed by atoms with Gasteiger partial charge >= 0.3 is 5.97 Å². The number of rotatable bonds is 6. The van der Waals surface area contributed by atoms with Crippen molar-refractivity contribution in [3.63, 3.8) is 0 Å². The molecule has 0 aliphatic heterocycles. The van der Waals surface area contributed by atoms with E-state index < -0.39 is 0 Å². The molecule has 130 valence electrons. The monoisotopic (exact) mass is 334 g/mol. The van der Waals surface area contributed by atoms with Crippen molar-refractivity contribution in [1.29, 1.82) is 0 Å². The number of benzene rings is 2. The van der Waals surface area contributed by atoms with Gasteiger partial charge in [-0.25, -0.2) is 4.79 Å². The Bertz CT molecular complexity index is 805. The van der Waals surface area contributed by atoms with Crippen LogP contribution in [0.3, 0.4) is 0 Å². The highest BCUT2D eigenvalue weighted by atomic mass is 16.5. The molecule has 3 atom stereocenters. The zero-order valence-electron chi connectivity index (χ0n) is 14.9. The van der Waals surface area contributed by atoms with Gasteiger partial charge in [0.15, 0.2) is 0 Å². The Morgan fingerprint density at radius 2 is 1.96 bits per heavy atom. The fraction of sp³-hybridized carbons (Fsp3) is 0.435. The second kappa shape index (κ2) is 7.03. The summed E-state index contributed by atoms with van der Waals surface area (Å²) < 4.78 is 5.60. The van der Waals surface area contributed by atoms with E-state index in [4.69, 9.17) is 4.74 Å². The van der Waals surface area contributed by atoms with Gasteiger partial charge in [-0.2, -0.15) is 0 Å². The van der Waals surface area contributed by atoms with Crippen LogP contribution in [0.1, 0.15) is 60.9 Å². The molecule has 4 rings (SSSR count). The third-order valence-electron chi connectivity index (χ3n) is 5.82. The second-order valence-electron chi connectivity index (χ2n) is 7.48. The Hall–Kier alpha value is -2.09. The van der Waals surface area contributed by atoms with E-state index in [1.165, 1.54) is 22.8 Å². The molecule has 0 N–H and O–H groups in total. The van der Waals surface area contributed by atoms with Crippen LogP contribution in [0.4, 0.5) is 0 Å². The van der Waals surface area contributed by atoms with E-state index in [0.717, 1.165) is 31.2 Å². The molecule has 3 unspecified atom stereocenters. The highest BCUT2D eigenvalue weighted by molar-refractivity contribution is 5.99. The fourth-order valence-corrected chi connectivity index (χ4v) is 4.58. The van der Waals surface area contributed by atoms with Crippen LogP contribution in [0.25, 0.3) is 10.8 Å². The van der Waals surface area contributed by atoms with E-state index in [0.29, 0.717) is 24.4 Å². The van der Waals surface area contributed by atoms with Crippen LogP contribution in [0.2, 0.25) is 0 Å². The van der Waals surface area contributed by atoms with Crippen LogP contribution >= 0.6 is 0 Å². The lowest BCUT2D eigenvalue weighted by Gasteiger charge is -2.23. The third kappa shape index (κ3) is 3.10. The number of unbranched alkanes of at least 4 members (excludes halogenated alkanes) is 2. The highest BCUT2D eigenvalue weighted by Crippen LogP contribution is 2.51. The zero-order valence-corrected chi connectivity index (χ0v) is 14.9. The molecule has 0 radical (unpaired) electrons. The summed E-state index contributed by atoms with van der Waals surface area (Å²) in [4.78, 5) is 12.8. The predicted molar refractivity (Wildman–Crippen MR) is 102 cm³/mol. The zero-order chi connectivity index (χ0) is 17.2. The Balaban J connectivity index is 1.70. The lowest BCUT2D eigenvalue weighted by atomic mass is 9.81. The summed E-state index contributed by atoms with van der Waals surface area (Å²) in [7, 11) is 0. The summed E-state index contributed by atoms with van der Waals surface area (Å²) in [5.41, 5.74) is 2.00. The Kier molecular flexibility index (Phi) is 4.61. The molecule has 0 heterocycles. The van der Waals surface area contributed by atoms with Crippen LogP contribution < -0.4 is 0 Å². The Morgan fingerprint density at radius 1 is 1.08 bits per heavy atom. The molecule has 2 aliphatic carbocycles. The van der Waals surface area contributed by atoms with Gasteiger partial charge in [0.1, 0.15) is 0 Å². The smallest absolute Gasteiger partial charge is 0.338 e. The van der Waals surface area contributed by atoms with E-state index in [1.54, 1.807) is 0 Å². The van der Waals surface area contributed by atoms with Crippen LogP contribution in [0.15, 0.2) is 48.6 Å². The lowest BCUT2D eigenvalue weighted by molar-refractivity contribution is 0.0496. The van der Waals surface area contributed by atoms with Gasteiger partial charge in [-0.15, -0.1) is 0 Å². The van der Waals surface area contributed by atoms with Crippen molar-refractivity contribution in [2.45, 2.75) is 44.9 Å². The van der Waals surface area contributed by atoms with Crippen molar-refractivity contribution in [2.24, 2.45) is 11.8 Å². The molecule has 2 bridgehead atoms. The van der Waals surface area contributed by atoms with Crippen molar-refractivity contribution in [3.05, 3.63) is 59.7 Å². The van der Waals surface area contributed by atoms with Crippen molar-refractivity contribution in [1.82, 2.24) is 0 Å². The van der Waals surface area contributed by atoms with Crippen LogP contribution in [0.5, 0.6) is 0 Å². The van der Waals surface area contributed by atoms with Crippen LogP contribution in [0, 0.1) is 11.8 Å². The van der Waals surface area contributed by atoms with Crippen LogP contribution in [-0.4, -0.2) is 12.6 Å². The van der Waals surface area contributed by atoms with Crippen molar-refractivity contribution < 1.29 is 9.53 Å². The van der Waals surface area contributed by atoms with Gasteiger partial charge < -0.3 is 4.74 Å². The van der Waals surface area contributed by atoms with E-state index in [1.807, 2.05) is 6.07 Å². The molecule has 0 amide bonds. The van der Waals surface area contributed by atoms with E-state index in [-0.39, 0.29) is 5.97 Å². The normalized spacial score (nSPS) is 24.1. The van der Waals surface area contributed by atoms with Gasteiger partial charge in [-0.05, 0) is 59.4 Å². The molecule has 2 aliphatic rings. The molecule has 0 saturated heterocycles. The average Bonchev–Trinajstić information content (AvgIpc) is 3.27. The molecule has 0 spiro atoms. The van der Waals surface area contributed by atoms with E-state index in [2.05, 4.69) is 49.4 Å². The number of esters is 1. The average molecular weight is 334 g/mol. The quantitative estimate of drug-likeness (QED) is 0.375. The molecule has 2 nitrogen and oxygen atoms in total. The summed E-state index contributed by atoms with van der Waals surface area (Å²) in [5.74, 6) is 1.55. The summed E-state index contributed by atoms with van der Waals surface area (Å²) in [6, 6.07) is 12.5. The van der Waals surface area contributed by atoms with Gasteiger partial charge in [0, 0.05) is 0 Å². The summed E-state index contributed by atoms with van der Waals surface area (Å²) in [5, 5.41) is 2.43. The number of fused-ring (bicyclic) bond motifs is 3. The maximum Gasteiger partial charge on any atom is 0.338 e. The summed E-state index contributed by atoms with van der Waals surface area (Å²) in [6.07, 6.45) is 10.3. The molecule has 1 saturated carbocycles. The second-order valence-corrected chi connectivity index (χ2v) is 7.48. The number of carbonyl (C=O) groups excluding carboxylic acids is 1. The Labute approximate surface area is 149 Å². The third-order valence-corrected chi connectivity index (χ3v) is 5.82. The molecular weight excluding hydrogens is 308 g/mol. The van der Waals surface area contributed by atoms with Gasteiger partial charge in [-0.1, -0.05) is 62.2 Å². The first-order valence-electron chi connectivity index (χ1n) is 9.65. The first-order valence-corrected chi connectivity index (χ1v) is 9.65. The summed E-state index contributed by atoms with van der Waals surface area (Å²) in [6.45, 7) is 2.68. The van der Waals surface area contributed by atoms with Crippen molar-refractivity contribution >= 4 is 16.7 Å². The van der Waals surface area contributed by atoms with Gasteiger partial charge in [0.25, 0.3) is 0 Å².